The number of carbonyl (C=O) groups excluding carboxylic acids is 1. The predicted octanol–water partition coefficient (Wildman–Crippen LogP) is 2.80. The first-order valence-electron chi connectivity index (χ1n) is 6.87. The summed E-state index contributed by atoms with van der Waals surface area (Å²) in [6.07, 6.45) is 3.26. The van der Waals surface area contributed by atoms with Crippen LogP contribution in [0.2, 0.25) is 0 Å². The van der Waals surface area contributed by atoms with E-state index in [2.05, 4.69) is 24.5 Å². The maximum absolute atomic E-state index is 11.9. The largest absolute Gasteiger partial charge is 0.495 e. The minimum absolute atomic E-state index is 0.0425. The summed E-state index contributed by atoms with van der Waals surface area (Å²) < 4.78 is 5.20. The van der Waals surface area contributed by atoms with Crippen molar-refractivity contribution < 1.29 is 9.53 Å². The molecule has 0 saturated carbocycles. The lowest BCUT2D eigenvalue weighted by atomic mass is 10.1. The number of anilines is 1. The molecule has 106 valence electrons. The Bertz CT molecular complexity index is 393. The zero-order valence-electron chi connectivity index (χ0n) is 12.0. The van der Waals surface area contributed by atoms with Gasteiger partial charge in [-0.25, -0.2) is 0 Å². The summed E-state index contributed by atoms with van der Waals surface area (Å²) in [5.74, 6) is 0.635. The van der Waals surface area contributed by atoms with Gasteiger partial charge in [-0.2, -0.15) is 0 Å². The average molecular weight is 264 g/mol. The molecule has 0 bridgehead atoms. The minimum Gasteiger partial charge on any atom is -0.495 e. The highest BCUT2D eigenvalue weighted by Crippen LogP contribution is 2.22. The maximum Gasteiger partial charge on any atom is 0.238 e. The van der Waals surface area contributed by atoms with E-state index in [9.17, 15) is 4.79 Å². The SMILES string of the molecule is CCCC(CC)NCC(=O)Nc1ccccc1OC. The molecule has 1 aromatic carbocycles. The van der Waals surface area contributed by atoms with Crippen LogP contribution in [0, 0.1) is 0 Å². The van der Waals surface area contributed by atoms with Crippen LogP contribution >= 0.6 is 0 Å². The molecule has 1 aromatic rings. The van der Waals surface area contributed by atoms with Gasteiger partial charge in [-0.3, -0.25) is 4.79 Å². The van der Waals surface area contributed by atoms with Crippen molar-refractivity contribution in [1.29, 1.82) is 0 Å². The van der Waals surface area contributed by atoms with Crippen molar-refractivity contribution in [2.75, 3.05) is 19.0 Å². The molecule has 0 heterocycles. The fourth-order valence-electron chi connectivity index (χ4n) is 1.98. The van der Waals surface area contributed by atoms with Crippen LogP contribution in [0.15, 0.2) is 24.3 Å². The highest BCUT2D eigenvalue weighted by Gasteiger charge is 2.09. The first kappa shape index (κ1) is 15.5. The van der Waals surface area contributed by atoms with Crippen molar-refractivity contribution >= 4 is 11.6 Å². The Hall–Kier alpha value is -1.55. The van der Waals surface area contributed by atoms with Crippen LogP contribution in [0.25, 0.3) is 0 Å². The number of carbonyl (C=O) groups is 1. The second-order valence-electron chi connectivity index (χ2n) is 4.52. The van der Waals surface area contributed by atoms with Gasteiger partial charge in [0.25, 0.3) is 0 Å². The standard InChI is InChI=1S/C15H24N2O2/c1-4-8-12(5-2)16-11-15(18)17-13-9-6-7-10-14(13)19-3/h6-7,9-10,12,16H,4-5,8,11H2,1-3H3,(H,17,18). The molecular formula is C15H24N2O2. The second kappa shape index (κ2) is 8.53. The van der Waals surface area contributed by atoms with Crippen LogP contribution in [-0.4, -0.2) is 25.6 Å². The zero-order valence-corrected chi connectivity index (χ0v) is 12.0. The summed E-state index contributed by atoms with van der Waals surface area (Å²) in [6, 6.07) is 7.82. The number of ether oxygens (including phenoxy) is 1. The third kappa shape index (κ3) is 5.30. The van der Waals surface area contributed by atoms with Crippen molar-refractivity contribution in [2.24, 2.45) is 0 Å². The van der Waals surface area contributed by atoms with Crippen molar-refractivity contribution in [2.45, 2.75) is 39.2 Å². The second-order valence-corrected chi connectivity index (χ2v) is 4.52. The Kier molecular flexibility index (Phi) is 6.97. The van der Waals surface area contributed by atoms with E-state index in [1.807, 2.05) is 24.3 Å². The number of nitrogens with one attached hydrogen (secondary N) is 2. The third-order valence-corrected chi connectivity index (χ3v) is 3.06. The summed E-state index contributed by atoms with van der Waals surface area (Å²) in [5.41, 5.74) is 0.709. The van der Waals surface area contributed by atoms with E-state index in [1.54, 1.807) is 7.11 Å². The van der Waals surface area contributed by atoms with E-state index in [0.717, 1.165) is 19.3 Å². The summed E-state index contributed by atoms with van der Waals surface area (Å²) in [6.45, 7) is 4.61. The van der Waals surface area contributed by atoms with Crippen LogP contribution in [0.1, 0.15) is 33.1 Å². The highest BCUT2D eigenvalue weighted by molar-refractivity contribution is 5.93. The van der Waals surface area contributed by atoms with E-state index >= 15 is 0 Å². The number of benzene rings is 1. The molecule has 0 aliphatic rings. The molecular weight excluding hydrogens is 240 g/mol. The first-order valence-corrected chi connectivity index (χ1v) is 6.87. The molecule has 19 heavy (non-hydrogen) atoms. The van der Waals surface area contributed by atoms with E-state index in [-0.39, 0.29) is 5.91 Å². The van der Waals surface area contributed by atoms with Gasteiger partial charge in [0.05, 0.1) is 19.3 Å². The van der Waals surface area contributed by atoms with Crippen LogP contribution in [0.3, 0.4) is 0 Å². The van der Waals surface area contributed by atoms with Crippen molar-refractivity contribution in [3.63, 3.8) is 0 Å². The lowest BCUT2D eigenvalue weighted by Crippen LogP contribution is -2.35. The number of methoxy groups -OCH3 is 1. The normalized spacial score (nSPS) is 11.9. The molecule has 2 N–H and O–H groups in total. The Morgan fingerprint density at radius 3 is 2.68 bits per heavy atom. The summed E-state index contributed by atoms with van der Waals surface area (Å²) in [7, 11) is 1.59. The van der Waals surface area contributed by atoms with Crippen LogP contribution in [0.5, 0.6) is 5.75 Å². The van der Waals surface area contributed by atoms with Gasteiger partial charge >= 0.3 is 0 Å². The Balaban J connectivity index is 2.46. The number of rotatable bonds is 8. The van der Waals surface area contributed by atoms with E-state index < -0.39 is 0 Å². The quantitative estimate of drug-likeness (QED) is 0.759. The Morgan fingerprint density at radius 1 is 1.32 bits per heavy atom. The first-order chi connectivity index (χ1) is 9.21. The lowest BCUT2D eigenvalue weighted by molar-refractivity contribution is -0.115. The van der Waals surface area contributed by atoms with E-state index in [0.29, 0.717) is 24.0 Å². The molecule has 1 unspecified atom stereocenters. The zero-order chi connectivity index (χ0) is 14.1. The molecule has 1 atom stereocenters. The molecule has 0 radical (unpaired) electrons. The fraction of sp³-hybridized carbons (Fsp3) is 0.533. The molecule has 0 aromatic heterocycles. The van der Waals surface area contributed by atoms with Crippen molar-refractivity contribution in [3.05, 3.63) is 24.3 Å². The summed E-state index contributed by atoms with van der Waals surface area (Å²) >= 11 is 0. The summed E-state index contributed by atoms with van der Waals surface area (Å²) in [5, 5.41) is 6.13. The monoisotopic (exact) mass is 264 g/mol. The molecule has 0 fully saturated rings. The lowest BCUT2D eigenvalue weighted by Gasteiger charge is -2.16. The molecule has 0 spiro atoms. The van der Waals surface area contributed by atoms with E-state index in [1.165, 1.54) is 0 Å². The molecule has 4 heteroatoms. The van der Waals surface area contributed by atoms with Crippen LogP contribution in [-0.2, 0) is 4.79 Å². The van der Waals surface area contributed by atoms with Crippen LogP contribution < -0.4 is 15.4 Å². The number of para-hydroxylation sites is 2. The number of hydrogen-bond acceptors (Lipinski definition) is 3. The van der Waals surface area contributed by atoms with Gasteiger partial charge in [-0.05, 0) is 25.0 Å². The van der Waals surface area contributed by atoms with Gasteiger partial charge in [0, 0.05) is 6.04 Å². The van der Waals surface area contributed by atoms with Gasteiger partial charge in [0.1, 0.15) is 5.75 Å². The van der Waals surface area contributed by atoms with Gasteiger partial charge in [0.2, 0.25) is 5.91 Å². The van der Waals surface area contributed by atoms with Gasteiger partial charge < -0.3 is 15.4 Å². The van der Waals surface area contributed by atoms with Crippen molar-refractivity contribution in [1.82, 2.24) is 5.32 Å². The molecule has 4 nitrogen and oxygen atoms in total. The smallest absolute Gasteiger partial charge is 0.238 e. The Labute approximate surface area is 115 Å². The molecule has 1 amide bonds. The van der Waals surface area contributed by atoms with Crippen molar-refractivity contribution in [3.8, 4) is 5.75 Å². The molecule has 0 aliphatic carbocycles. The fourth-order valence-corrected chi connectivity index (χ4v) is 1.98. The number of hydrogen-bond donors (Lipinski definition) is 2. The third-order valence-electron chi connectivity index (χ3n) is 3.06. The van der Waals surface area contributed by atoms with Crippen LogP contribution in [0.4, 0.5) is 5.69 Å². The summed E-state index contributed by atoms with van der Waals surface area (Å²) in [4.78, 5) is 11.9. The minimum atomic E-state index is -0.0425. The molecule has 0 aliphatic heterocycles. The molecule has 0 saturated heterocycles. The van der Waals surface area contributed by atoms with Gasteiger partial charge in [-0.15, -0.1) is 0 Å². The molecule has 1 rings (SSSR count). The highest BCUT2D eigenvalue weighted by atomic mass is 16.5. The van der Waals surface area contributed by atoms with Gasteiger partial charge in [-0.1, -0.05) is 32.4 Å². The topological polar surface area (TPSA) is 50.4 Å². The van der Waals surface area contributed by atoms with Gasteiger partial charge in [0.15, 0.2) is 0 Å². The van der Waals surface area contributed by atoms with E-state index in [4.69, 9.17) is 4.74 Å². The maximum atomic E-state index is 11.9. The predicted molar refractivity (Wildman–Crippen MR) is 78.6 cm³/mol. The average Bonchev–Trinajstić information content (AvgIpc) is 2.44. The Morgan fingerprint density at radius 2 is 2.05 bits per heavy atom. The number of amides is 1.